The van der Waals surface area contributed by atoms with Crippen LogP contribution in [0, 0.1) is 0 Å². The molecule has 3 aromatic carbocycles. The third-order valence-electron chi connectivity index (χ3n) is 3.99. The van der Waals surface area contributed by atoms with E-state index in [9.17, 15) is 4.79 Å². The van der Waals surface area contributed by atoms with E-state index in [-0.39, 0.29) is 5.78 Å². The van der Waals surface area contributed by atoms with Gasteiger partial charge in [-0.05, 0) is 40.1 Å². The normalized spacial score (nSPS) is 15.3. The Balaban J connectivity index is 1.84. The Hall–Kier alpha value is -2.93. The maximum absolute atomic E-state index is 12.7. The minimum absolute atomic E-state index is 0.0899. The quantitative estimate of drug-likeness (QED) is 0.565. The maximum atomic E-state index is 12.7. The highest BCUT2D eigenvalue weighted by Crippen LogP contribution is 2.28. The van der Waals surface area contributed by atoms with Crippen LogP contribution in [0.3, 0.4) is 0 Å². The molecule has 1 aliphatic carbocycles. The molecule has 0 N–H and O–H groups in total. The molecule has 1 aliphatic rings. The summed E-state index contributed by atoms with van der Waals surface area (Å²) in [7, 11) is 0. The zero-order valence-corrected chi connectivity index (χ0v) is 12.0. The Labute approximate surface area is 129 Å². The Morgan fingerprint density at radius 2 is 1.41 bits per heavy atom. The number of rotatable bonds is 1. The van der Waals surface area contributed by atoms with E-state index in [4.69, 9.17) is 0 Å². The first-order valence-electron chi connectivity index (χ1n) is 7.33. The Morgan fingerprint density at radius 3 is 2.18 bits per heavy atom. The number of benzene rings is 3. The topological polar surface area (TPSA) is 17.1 Å². The number of carbonyl (C=O) groups is 1. The van der Waals surface area contributed by atoms with Crippen molar-refractivity contribution in [2.45, 2.75) is 0 Å². The number of fused-ring (bicyclic) bond motifs is 2. The first-order valence-corrected chi connectivity index (χ1v) is 7.33. The van der Waals surface area contributed by atoms with E-state index < -0.39 is 0 Å². The fourth-order valence-electron chi connectivity index (χ4n) is 2.85. The third kappa shape index (κ3) is 2.17. The molecule has 0 unspecified atom stereocenters. The zero-order valence-electron chi connectivity index (χ0n) is 12.0. The van der Waals surface area contributed by atoms with Gasteiger partial charge in [-0.2, -0.15) is 0 Å². The number of hydrogen-bond donors (Lipinski definition) is 0. The van der Waals surface area contributed by atoms with Crippen molar-refractivity contribution in [2.75, 3.05) is 0 Å². The van der Waals surface area contributed by atoms with Crippen LogP contribution in [-0.2, 0) is 0 Å². The molecule has 1 heteroatoms. The lowest BCUT2D eigenvalue weighted by Gasteiger charge is -2.13. The molecule has 22 heavy (non-hydrogen) atoms. The predicted octanol–water partition coefficient (Wildman–Crippen LogP) is 5.13. The fraction of sp³-hybridized carbons (Fsp3) is 0. The van der Waals surface area contributed by atoms with Crippen LogP contribution in [0.4, 0.5) is 0 Å². The number of ketones is 1. The first kappa shape index (κ1) is 12.8. The van der Waals surface area contributed by atoms with Gasteiger partial charge in [0.25, 0.3) is 0 Å². The van der Waals surface area contributed by atoms with Gasteiger partial charge in [0, 0.05) is 11.1 Å². The van der Waals surface area contributed by atoms with Gasteiger partial charge in [0.2, 0.25) is 0 Å². The summed E-state index contributed by atoms with van der Waals surface area (Å²) in [5.41, 5.74) is 3.55. The van der Waals surface area contributed by atoms with Gasteiger partial charge in [-0.1, -0.05) is 66.7 Å². The van der Waals surface area contributed by atoms with Crippen LogP contribution in [-0.4, -0.2) is 5.78 Å². The SMILES string of the molecule is O=C1C(=Cc2ccccc2)C=Cc2cc3ccccc3cc21. The summed E-state index contributed by atoms with van der Waals surface area (Å²) in [5.74, 6) is 0.0899. The van der Waals surface area contributed by atoms with Gasteiger partial charge >= 0.3 is 0 Å². The Kier molecular flexibility index (Phi) is 2.97. The maximum Gasteiger partial charge on any atom is 0.193 e. The molecule has 0 aliphatic heterocycles. The molecule has 4 rings (SSSR count). The first-order chi connectivity index (χ1) is 10.8. The monoisotopic (exact) mass is 282 g/mol. The van der Waals surface area contributed by atoms with Gasteiger partial charge < -0.3 is 0 Å². The average molecular weight is 282 g/mol. The van der Waals surface area contributed by atoms with Gasteiger partial charge in [0.05, 0.1) is 0 Å². The second-order valence-corrected chi connectivity index (χ2v) is 5.46. The lowest BCUT2D eigenvalue weighted by atomic mass is 9.89. The van der Waals surface area contributed by atoms with Crippen LogP contribution in [0.1, 0.15) is 21.5 Å². The van der Waals surface area contributed by atoms with Gasteiger partial charge in [-0.15, -0.1) is 0 Å². The van der Waals surface area contributed by atoms with Crippen LogP contribution in [0.5, 0.6) is 0 Å². The van der Waals surface area contributed by atoms with E-state index in [2.05, 4.69) is 12.1 Å². The van der Waals surface area contributed by atoms with Crippen molar-refractivity contribution < 1.29 is 4.79 Å². The molecule has 0 saturated heterocycles. The van der Waals surface area contributed by atoms with Gasteiger partial charge in [-0.3, -0.25) is 4.79 Å². The molecular weight excluding hydrogens is 268 g/mol. The largest absolute Gasteiger partial charge is 0.289 e. The Morgan fingerprint density at radius 1 is 0.727 bits per heavy atom. The van der Waals surface area contributed by atoms with Crippen molar-refractivity contribution >= 4 is 28.7 Å². The van der Waals surface area contributed by atoms with Gasteiger partial charge in [-0.25, -0.2) is 0 Å². The summed E-state index contributed by atoms with van der Waals surface area (Å²) < 4.78 is 0. The van der Waals surface area contributed by atoms with E-state index in [1.54, 1.807) is 0 Å². The second kappa shape index (κ2) is 5.12. The van der Waals surface area contributed by atoms with E-state index in [1.165, 1.54) is 0 Å². The lowest BCUT2D eigenvalue weighted by molar-refractivity contribution is 0.103. The molecule has 0 atom stereocenters. The highest BCUT2D eigenvalue weighted by Gasteiger charge is 2.18. The van der Waals surface area contributed by atoms with Crippen LogP contribution in [0.2, 0.25) is 0 Å². The van der Waals surface area contributed by atoms with Crippen molar-refractivity contribution in [3.05, 3.63) is 95.1 Å². The molecule has 0 amide bonds. The summed E-state index contributed by atoms with van der Waals surface area (Å²) in [6.07, 6.45) is 5.88. The lowest BCUT2D eigenvalue weighted by Crippen LogP contribution is -2.07. The van der Waals surface area contributed by atoms with Crippen molar-refractivity contribution in [2.24, 2.45) is 0 Å². The van der Waals surface area contributed by atoms with E-state index in [0.29, 0.717) is 0 Å². The number of hydrogen-bond acceptors (Lipinski definition) is 1. The highest BCUT2D eigenvalue weighted by atomic mass is 16.1. The Bertz CT molecular complexity index is 931. The van der Waals surface area contributed by atoms with Crippen molar-refractivity contribution in [1.29, 1.82) is 0 Å². The van der Waals surface area contributed by atoms with E-state index in [1.807, 2.05) is 72.8 Å². The summed E-state index contributed by atoms with van der Waals surface area (Å²) in [5, 5.41) is 2.26. The van der Waals surface area contributed by atoms with E-state index in [0.717, 1.165) is 33.0 Å². The van der Waals surface area contributed by atoms with Crippen molar-refractivity contribution in [3.63, 3.8) is 0 Å². The number of Topliss-reactive ketones (excluding diaryl/α,β-unsaturated/α-hetero) is 1. The molecule has 0 aromatic heterocycles. The molecule has 104 valence electrons. The molecule has 0 spiro atoms. The van der Waals surface area contributed by atoms with Gasteiger partial charge in [0.1, 0.15) is 0 Å². The van der Waals surface area contributed by atoms with Crippen LogP contribution in [0.25, 0.3) is 22.9 Å². The molecule has 0 saturated carbocycles. The number of carbonyl (C=O) groups excluding carboxylic acids is 1. The van der Waals surface area contributed by atoms with Crippen LogP contribution in [0.15, 0.2) is 78.4 Å². The minimum atomic E-state index is 0.0899. The molecular formula is C21H14O. The second-order valence-electron chi connectivity index (χ2n) is 5.46. The average Bonchev–Trinajstić information content (AvgIpc) is 2.57. The zero-order chi connectivity index (χ0) is 14.9. The summed E-state index contributed by atoms with van der Waals surface area (Å²) in [4.78, 5) is 12.7. The molecule has 0 heterocycles. The van der Waals surface area contributed by atoms with E-state index >= 15 is 0 Å². The van der Waals surface area contributed by atoms with Crippen molar-refractivity contribution in [3.8, 4) is 0 Å². The summed E-state index contributed by atoms with van der Waals surface area (Å²) in [6, 6.07) is 22.1. The molecule has 3 aromatic rings. The standard InChI is InChI=1S/C21H14O/c22-21-19(12-15-6-2-1-3-7-15)11-10-18-13-16-8-4-5-9-17(16)14-20(18)21/h1-14H. The van der Waals surface area contributed by atoms with Crippen LogP contribution >= 0.6 is 0 Å². The molecule has 0 radical (unpaired) electrons. The third-order valence-corrected chi connectivity index (χ3v) is 3.99. The number of allylic oxidation sites excluding steroid dienone is 2. The van der Waals surface area contributed by atoms with Crippen LogP contribution < -0.4 is 0 Å². The van der Waals surface area contributed by atoms with Crippen molar-refractivity contribution in [1.82, 2.24) is 0 Å². The molecule has 0 fully saturated rings. The highest BCUT2D eigenvalue weighted by molar-refractivity contribution is 6.19. The molecule has 1 nitrogen and oxygen atoms in total. The summed E-state index contributed by atoms with van der Waals surface area (Å²) in [6.45, 7) is 0. The minimum Gasteiger partial charge on any atom is -0.289 e. The summed E-state index contributed by atoms with van der Waals surface area (Å²) >= 11 is 0. The smallest absolute Gasteiger partial charge is 0.193 e. The fourth-order valence-corrected chi connectivity index (χ4v) is 2.85. The predicted molar refractivity (Wildman–Crippen MR) is 91.7 cm³/mol. The molecule has 0 bridgehead atoms. The van der Waals surface area contributed by atoms with Gasteiger partial charge in [0.15, 0.2) is 5.78 Å².